The second-order valence-corrected chi connectivity index (χ2v) is 9.28. The summed E-state index contributed by atoms with van der Waals surface area (Å²) in [5.74, 6) is -1.10. The zero-order valence-electron chi connectivity index (χ0n) is 19.0. The summed E-state index contributed by atoms with van der Waals surface area (Å²) >= 11 is 0. The molecule has 0 N–H and O–H groups in total. The van der Waals surface area contributed by atoms with Crippen molar-refractivity contribution in [1.29, 1.82) is 0 Å². The normalized spacial score (nSPS) is 13.6. The van der Waals surface area contributed by atoms with Crippen LogP contribution >= 0.6 is 0 Å². The van der Waals surface area contributed by atoms with Crippen LogP contribution in [0.3, 0.4) is 0 Å². The van der Waals surface area contributed by atoms with Gasteiger partial charge in [-0.1, -0.05) is 24.3 Å². The van der Waals surface area contributed by atoms with Gasteiger partial charge in [0.2, 0.25) is 0 Å². The summed E-state index contributed by atoms with van der Waals surface area (Å²) in [6.45, 7) is 9.97. The van der Waals surface area contributed by atoms with Gasteiger partial charge in [0.15, 0.2) is 0 Å². The number of anilines is 2. The summed E-state index contributed by atoms with van der Waals surface area (Å²) in [5.41, 5.74) is -1.26. The highest BCUT2D eigenvalue weighted by Gasteiger charge is 2.41. The second-order valence-electron chi connectivity index (χ2n) is 9.28. The number of fused-ring (bicyclic) bond motifs is 1. The lowest BCUT2D eigenvalue weighted by atomic mass is 10.1. The maximum Gasteiger partial charge on any atom is 0.424 e. The molecule has 0 radical (unpaired) electrons. The molecule has 0 spiro atoms. The minimum absolute atomic E-state index is 0.00879. The van der Waals surface area contributed by atoms with Gasteiger partial charge in [-0.05, 0) is 65.8 Å². The highest BCUT2D eigenvalue weighted by Crippen LogP contribution is 2.36. The van der Waals surface area contributed by atoms with Crippen molar-refractivity contribution in [3.63, 3.8) is 0 Å². The third-order valence-electron chi connectivity index (χ3n) is 4.31. The zero-order chi connectivity index (χ0) is 23.8. The SMILES string of the molecule is CC(C)(C)OC(=O)N(C(=O)OC(C)(C)C)c1ccccc1N1C(=O)c2ccccc2C1=O. The Kier molecular flexibility index (Phi) is 5.82. The van der Waals surface area contributed by atoms with Gasteiger partial charge in [0.1, 0.15) is 11.2 Å². The summed E-state index contributed by atoms with van der Waals surface area (Å²) in [4.78, 5) is 53.8. The molecule has 1 aliphatic heterocycles. The van der Waals surface area contributed by atoms with Crippen LogP contribution in [0.4, 0.5) is 21.0 Å². The van der Waals surface area contributed by atoms with E-state index in [0.29, 0.717) is 4.90 Å². The molecule has 2 aromatic carbocycles. The van der Waals surface area contributed by atoms with Crippen molar-refractivity contribution < 1.29 is 28.7 Å². The van der Waals surface area contributed by atoms with E-state index in [9.17, 15) is 19.2 Å². The maximum absolute atomic E-state index is 13.0. The van der Waals surface area contributed by atoms with Crippen molar-refractivity contribution in [2.45, 2.75) is 52.7 Å². The molecule has 3 rings (SSSR count). The molecule has 8 nitrogen and oxygen atoms in total. The van der Waals surface area contributed by atoms with Crippen LogP contribution in [-0.2, 0) is 9.47 Å². The maximum atomic E-state index is 13.0. The molecule has 0 bridgehead atoms. The first-order valence-electron chi connectivity index (χ1n) is 10.1. The number of amides is 4. The Morgan fingerprint density at radius 2 is 1.12 bits per heavy atom. The van der Waals surface area contributed by atoms with Crippen LogP contribution in [0, 0.1) is 0 Å². The summed E-state index contributed by atoms with van der Waals surface area (Å²) < 4.78 is 10.8. The Morgan fingerprint density at radius 3 is 1.56 bits per heavy atom. The fourth-order valence-corrected chi connectivity index (χ4v) is 3.14. The molecule has 0 unspecified atom stereocenters. The molecule has 0 saturated carbocycles. The quantitative estimate of drug-likeness (QED) is 0.601. The van der Waals surface area contributed by atoms with Gasteiger partial charge in [-0.3, -0.25) is 9.59 Å². The smallest absolute Gasteiger partial charge is 0.424 e. The molecule has 1 aliphatic rings. The summed E-state index contributed by atoms with van der Waals surface area (Å²) in [7, 11) is 0. The molecule has 168 valence electrons. The molecule has 4 amide bonds. The summed E-state index contributed by atoms with van der Waals surface area (Å²) in [6.07, 6.45) is -1.98. The van der Waals surface area contributed by atoms with Gasteiger partial charge in [0.05, 0.1) is 22.5 Å². The van der Waals surface area contributed by atoms with Gasteiger partial charge < -0.3 is 9.47 Å². The van der Waals surface area contributed by atoms with Crippen molar-refractivity contribution in [3.8, 4) is 0 Å². The largest absolute Gasteiger partial charge is 0.443 e. The van der Waals surface area contributed by atoms with E-state index in [2.05, 4.69) is 0 Å². The van der Waals surface area contributed by atoms with Gasteiger partial charge in [-0.15, -0.1) is 0 Å². The Bertz CT molecular complexity index is 1030. The monoisotopic (exact) mass is 438 g/mol. The molecular formula is C24H26N2O6. The first-order valence-corrected chi connectivity index (χ1v) is 10.1. The predicted molar refractivity (Wildman–Crippen MR) is 119 cm³/mol. The van der Waals surface area contributed by atoms with E-state index in [0.717, 1.165) is 4.90 Å². The first-order chi connectivity index (χ1) is 14.8. The van der Waals surface area contributed by atoms with E-state index in [-0.39, 0.29) is 22.5 Å². The summed E-state index contributed by atoms with van der Waals surface area (Å²) in [5, 5.41) is 0. The van der Waals surface area contributed by atoms with Crippen molar-refractivity contribution >= 4 is 35.4 Å². The predicted octanol–water partition coefficient (Wildman–Crippen LogP) is 5.16. The zero-order valence-corrected chi connectivity index (χ0v) is 19.0. The van der Waals surface area contributed by atoms with Crippen LogP contribution in [0.1, 0.15) is 62.3 Å². The van der Waals surface area contributed by atoms with E-state index in [1.807, 2.05) is 0 Å². The van der Waals surface area contributed by atoms with E-state index < -0.39 is 35.2 Å². The molecule has 2 aromatic rings. The lowest BCUT2D eigenvalue weighted by Gasteiger charge is -2.30. The molecule has 1 heterocycles. The van der Waals surface area contributed by atoms with Crippen molar-refractivity contribution in [2.75, 3.05) is 9.80 Å². The molecule has 0 atom stereocenters. The number of carbonyl (C=O) groups is 4. The average molecular weight is 438 g/mol. The molecule has 0 saturated heterocycles. The number of hydrogen-bond acceptors (Lipinski definition) is 6. The van der Waals surface area contributed by atoms with E-state index in [4.69, 9.17) is 9.47 Å². The van der Waals surface area contributed by atoms with Gasteiger partial charge in [0.25, 0.3) is 11.8 Å². The molecule has 0 aliphatic carbocycles. The van der Waals surface area contributed by atoms with Crippen LogP contribution in [0.5, 0.6) is 0 Å². The Labute approximate surface area is 186 Å². The van der Waals surface area contributed by atoms with Gasteiger partial charge in [0, 0.05) is 0 Å². The van der Waals surface area contributed by atoms with Crippen LogP contribution < -0.4 is 9.80 Å². The van der Waals surface area contributed by atoms with Gasteiger partial charge >= 0.3 is 12.2 Å². The Hall–Kier alpha value is -3.68. The second kappa shape index (κ2) is 8.11. The van der Waals surface area contributed by atoms with Crippen molar-refractivity contribution in [2.24, 2.45) is 0 Å². The number of imide groups is 2. The van der Waals surface area contributed by atoms with Crippen LogP contribution in [-0.4, -0.2) is 35.2 Å². The molecule has 8 heteroatoms. The number of rotatable bonds is 2. The van der Waals surface area contributed by atoms with Crippen molar-refractivity contribution in [1.82, 2.24) is 0 Å². The standard InChI is InChI=1S/C24H26N2O6/c1-23(2,3)31-21(29)26(22(30)32-24(4,5)6)18-14-10-9-13-17(18)25-19(27)15-11-7-8-12-16(15)20(25)28/h7-14H,1-6H3. The molecular weight excluding hydrogens is 412 g/mol. The van der Waals surface area contributed by atoms with E-state index in [1.54, 1.807) is 77.9 Å². The van der Waals surface area contributed by atoms with Crippen LogP contribution in [0.25, 0.3) is 0 Å². The highest BCUT2D eigenvalue weighted by molar-refractivity contribution is 6.35. The topological polar surface area (TPSA) is 93.2 Å². The summed E-state index contributed by atoms with van der Waals surface area (Å²) in [6, 6.07) is 12.5. The molecule has 32 heavy (non-hydrogen) atoms. The third kappa shape index (κ3) is 4.64. The number of nitrogens with zero attached hydrogens (tertiary/aromatic N) is 2. The lowest BCUT2D eigenvalue weighted by molar-refractivity contribution is 0.0429. The number of ether oxygens (including phenoxy) is 2. The average Bonchev–Trinajstić information content (AvgIpc) is 2.90. The fraction of sp³-hybridized carbons (Fsp3) is 0.333. The fourth-order valence-electron chi connectivity index (χ4n) is 3.14. The van der Waals surface area contributed by atoms with E-state index >= 15 is 0 Å². The Balaban J connectivity index is 2.12. The molecule has 0 fully saturated rings. The minimum Gasteiger partial charge on any atom is -0.443 e. The first kappa shape index (κ1) is 23.0. The third-order valence-corrected chi connectivity index (χ3v) is 4.31. The Morgan fingerprint density at radius 1 is 0.719 bits per heavy atom. The molecule has 0 aromatic heterocycles. The number of para-hydroxylation sites is 2. The number of carbonyl (C=O) groups excluding carboxylic acids is 4. The highest BCUT2D eigenvalue weighted by atomic mass is 16.6. The van der Waals surface area contributed by atoms with Crippen molar-refractivity contribution in [3.05, 3.63) is 59.7 Å². The number of hydrogen-bond donors (Lipinski definition) is 0. The van der Waals surface area contributed by atoms with Crippen LogP contribution in [0.15, 0.2) is 48.5 Å². The van der Waals surface area contributed by atoms with Gasteiger partial charge in [-0.25, -0.2) is 14.5 Å². The van der Waals surface area contributed by atoms with Gasteiger partial charge in [-0.2, -0.15) is 4.90 Å². The lowest BCUT2D eigenvalue weighted by Crippen LogP contribution is -2.44. The minimum atomic E-state index is -0.990. The van der Waals surface area contributed by atoms with E-state index in [1.165, 1.54) is 12.1 Å². The number of benzene rings is 2. The van der Waals surface area contributed by atoms with Crippen LogP contribution in [0.2, 0.25) is 0 Å².